The Morgan fingerprint density at radius 2 is 1.74 bits per heavy atom. The number of hydrogen-bond donors (Lipinski definition) is 0. The second-order valence-corrected chi connectivity index (χ2v) is 5.44. The van der Waals surface area contributed by atoms with Gasteiger partial charge in [-0.2, -0.15) is 0 Å². The number of hydrogen-bond acceptors (Lipinski definition) is 1. The highest BCUT2D eigenvalue weighted by atomic mass is 16.1. The molecule has 0 atom stereocenters. The van der Waals surface area contributed by atoms with E-state index in [0.717, 1.165) is 24.8 Å². The molecular formula is C18H26O. The highest BCUT2D eigenvalue weighted by Gasteiger charge is 2.33. The van der Waals surface area contributed by atoms with Crippen molar-refractivity contribution in [2.75, 3.05) is 0 Å². The topological polar surface area (TPSA) is 17.1 Å². The summed E-state index contributed by atoms with van der Waals surface area (Å²) in [6.07, 6.45) is 3.35. The monoisotopic (exact) mass is 258 g/mol. The molecule has 0 aliphatic carbocycles. The van der Waals surface area contributed by atoms with E-state index in [-0.39, 0.29) is 11.2 Å². The van der Waals surface area contributed by atoms with Crippen LogP contribution >= 0.6 is 0 Å². The van der Waals surface area contributed by atoms with Crippen molar-refractivity contribution in [2.24, 2.45) is 5.41 Å². The van der Waals surface area contributed by atoms with Crippen LogP contribution in [0.2, 0.25) is 0 Å². The van der Waals surface area contributed by atoms with Crippen LogP contribution in [0, 0.1) is 12.3 Å². The largest absolute Gasteiger partial charge is 0.294 e. The molecule has 0 heterocycles. The summed E-state index contributed by atoms with van der Waals surface area (Å²) >= 11 is 0. The number of carbonyl (C=O) groups is 1. The molecule has 0 radical (unpaired) electrons. The molecule has 0 spiro atoms. The lowest BCUT2D eigenvalue weighted by Crippen LogP contribution is -2.30. The van der Waals surface area contributed by atoms with Gasteiger partial charge in [-0.3, -0.25) is 4.79 Å². The fourth-order valence-electron chi connectivity index (χ4n) is 2.76. The summed E-state index contributed by atoms with van der Waals surface area (Å²) in [6, 6.07) is 8.30. The van der Waals surface area contributed by atoms with E-state index >= 15 is 0 Å². The quantitative estimate of drug-likeness (QED) is 0.637. The lowest BCUT2D eigenvalue weighted by molar-refractivity contribution is -0.125. The Kier molecular flexibility index (Phi) is 5.53. The number of allylic oxidation sites excluding steroid dienone is 1. The molecular weight excluding hydrogens is 232 g/mol. The van der Waals surface area contributed by atoms with E-state index in [1.165, 1.54) is 11.1 Å². The number of benzene rings is 1. The highest BCUT2D eigenvalue weighted by Crippen LogP contribution is 2.34. The van der Waals surface area contributed by atoms with E-state index in [0.29, 0.717) is 6.42 Å². The van der Waals surface area contributed by atoms with Crippen LogP contribution in [0.5, 0.6) is 0 Å². The molecule has 19 heavy (non-hydrogen) atoms. The van der Waals surface area contributed by atoms with Gasteiger partial charge in [0.25, 0.3) is 0 Å². The summed E-state index contributed by atoms with van der Waals surface area (Å²) in [4.78, 5) is 12.6. The van der Waals surface area contributed by atoms with Crippen molar-refractivity contribution < 1.29 is 4.79 Å². The first kappa shape index (κ1) is 15.7. The van der Waals surface area contributed by atoms with Crippen molar-refractivity contribution in [1.29, 1.82) is 0 Å². The summed E-state index contributed by atoms with van der Waals surface area (Å²) in [6.45, 7) is 12.4. The maximum atomic E-state index is 12.6. The lowest BCUT2D eigenvalue weighted by atomic mass is 9.73. The SMILES string of the molecule is C=C(Cc1cccc(C)c1)C(=O)C(CC)(CC)CC. The number of aryl methyl sites for hydroxylation is 1. The average molecular weight is 258 g/mol. The molecule has 0 saturated carbocycles. The van der Waals surface area contributed by atoms with Crippen LogP contribution in [0.1, 0.15) is 51.2 Å². The average Bonchev–Trinajstić information content (AvgIpc) is 2.41. The molecule has 0 aliphatic heterocycles. The Hall–Kier alpha value is -1.37. The first-order chi connectivity index (χ1) is 8.99. The van der Waals surface area contributed by atoms with Gasteiger partial charge in [0.15, 0.2) is 5.78 Å². The van der Waals surface area contributed by atoms with Crippen molar-refractivity contribution >= 4 is 5.78 Å². The molecule has 0 fully saturated rings. The van der Waals surface area contributed by atoms with Crippen LogP contribution < -0.4 is 0 Å². The van der Waals surface area contributed by atoms with E-state index in [1.807, 2.05) is 6.07 Å². The van der Waals surface area contributed by atoms with Crippen LogP contribution in [-0.4, -0.2) is 5.78 Å². The summed E-state index contributed by atoms with van der Waals surface area (Å²) in [7, 11) is 0. The van der Waals surface area contributed by atoms with Crippen LogP contribution in [0.4, 0.5) is 0 Å². The fourth-order valence-corrected chi connectivity index (χ4v) is 2.76. The summed E-state index contributed by atoms with van der Waals surface area (Å²) in [5, 5.41) is 0. The summed E-state index contributed by atoms with van der Waals surface area (Å²) in [5.74, 6) is 0.251. The second-order valence-electron chi connectivity index (χ2n) is 5.44. The number of ketones is 1. The molecule has 1 heteroatoms. The van der Waals surface area contributed by atoms with Crippen LogP contribution in [0.3, 0.4) is 0 Å². The zero-order valence-corrected chi connectivity index (χ0v) is 12.8. The smallest absolute Gasteiger partial charge is 0.164 e. The maximum Gasteiger partial charge on any atom is 0.164 e. The van der Waals surface area contributed by atoms with Gasteiger partial charge in [-0.1, -0.05) is 57.2 Å². The molecule has 0 aliphatic rings. The third kappa shape index (κ3) is 3.56. The molecule has 0 N–H and O–H groups in total. The van der Waals surface area contributed by atoms with E-state index in [4.69, 9.17) is 0 Å². The van der Waals surface area contributed by atoms with E-state index in [9.17, 15) is 4.79 Å². The third-order valence-electron chi connectivity index (χ3n) is 4.33. The third-order valence-corrected chi connectivity index (χ3v) is 4.33. The van der Waals surface area contributed by atoms with Crippen LogP contribution in [0.15, 0.2) is 36.4 Å². The molecule has 1 aromatic rings. The normalized spacial score (nSPS) is 11.4. The maximum absolute atomic E-state index is 12.6. The second kappa shape index (κ2) is 6.70. The fraction of sp³-hybridized carbons (Fsp3) is 0.500. The number of carbonyl (C=O) groups excluding carboxylic acids is 1. The first-order valence-corrected chi connectivity index (χ1v) is 7.27. The van der Waals surface area contributed by atoms with E-state index in [2.05, 4.69) is 52.5 Å². The van der Waals surface area contributed by atoms with Gasteiger partial charge in [0.05, 0.1) is 0 Å². The Bertz CT molecular complexity index is 444. The predicted molar refractivity (Wildman–Crippen MR) is 82.3 cm³/mol. The standard InChI is InChI=1S/C18H26O/c1-6-18(7-2,8-3)17(19)15(5)13-16-11-9-10-14(4)12-16/h9-12H,5-8,13H2,1-4H3. The van der Waals surface area contributed by atoms with Crippen molar-refractivity contribution in [3.63, 3.8) is 0 Å². The van der Waals surface area contributed by atoms with Gasteiger partial charge >= 0.3 is 0 Å². The Morgan fingerprint density at radius 1 is 1.16 bits per heavy atom. The first-order valence-electron chi connectivity index (χ1n) is 7.27. The van der Waals surface area contributed by atoms with E-state index < -0.39 is 0 Å². The molecule has 1 nitrogen and oxygen atoms in total. The van der Waals surface area contributed by atoms with Crippen molar-refractivity contribution in [3.05, 3.63) is 47.5 Å². The van der Waals surface area contributed by atoms with E-state index in [1.54, 1.807) is 0 Å². The Balaban J connectivity index is 2.86. The minimum absolute atomic E-state index is 0.207. The van der Waals surface area contributed by atoms with Gasteiger partial charge < -0.3 is 0 Å². The van der Waals surface area contributed by atoms with Gasteiger partial charge in [0.2, 0.25) is 0 Å². The van der Waals surface area contributed by atoms with Crippen LogP contribution in [0.25, 0.3) is 0 Å². The molecule has 1 rings (SSSR count). The molecule has 0 amide bonds. The molecule has 0 saturated heterocycles. The lowest BCUT2D eigenvalue weighted by Gasteiger charge is -2.29. The molecule has 0 bridgehead atoms. The highest BCUT2D eigenvalue weighted by molar-refractivity contribution is 5.99. The summed E-state index contributed by atoms with van der Waals surface area (Å²) < 4.78 is 0. The van der Waals surface area contributed by atoms with Crippen molar-refractivity contribution in [1.82, 2.24) is 0 Å². The molecule has 104 valence electrons. The van der Waals surface area contributed by atoms with Crippen molar-refractivity contribution in [3.8, 4) is 0 Å². The van der Waals surface area contributed by atoms with Gasteiger partial charge in [0.1, 0.15) is 0 Å². The number of rotatable bonds is 7. The van der Waals surface area contributed by atoms with Gasteiger partial charge in [-0.05, 0) is 37.3 Å². The minimum Gasteiger partial charge on any atom is -0.294 e. The zero-order valence-electron chi connectivity index (χ0n) is 12.8. The predicted octanol–water partition coefficient (Wildman–Crippen LogP) is 4.88. The van der Waals surface area contributed by atoms with Crippen LogP contribution in [-0.2, 0) is 11.2 Å². The van der Waals surface area contributed by atoms with Gasteiger partial charge in [-0.15, -0.1) is 0 Å². The van der Waals surface area contributed by atoms with Gasteiger partial charge in [-0.25, -0.2) is 0 Å². The van der Waals surface area contributed by atoms with Crippen molar-refractivity contribution in [2.45, 2.75) is 53.4 Å². The minimum atomic E-state index is -0.207. The number of Topliss-reactive ketones (excluding diaryl/α,β-unsaturated/α-hetero) is 1. The molecule has 0 aromatic heterocycles. The van der Waals surface area contributed by atoms with Gasteiger partial charge in [0, 0.05) is 11.8 Å². The molecule has 0 unspecified atom stereocenters. The zero-order chi connectivity index (χ0) is 14.5. The Labute approximate surface area is 117 Å². The summed E-state index contributed by atoms with van der Waals surface area (Å²) in [5.41, 5.74) is 2.94. The molecule has 1 aromatic carbocycles. The Morgan fingerprint density at radius 3 is 2.21 bits per heavy atom.